The van der Waals surface area contributed by atoms with Gasteiger partial charge in [-0.05, 0) is 60.7 Å². The fourth-order valence-corrected chi connectivity index (χ4v) is 5.44. The van der Waals surface area contributed by atoms with Gasteiger partial charge >= 0.3 is 0 Å². The van der Waals surface area contributed by atoms with Crippen LogP contribution in [0.4, 0.5) is 5.69 Å². The van der Waals surface area contributed by atoms with Gasteiger partial charge < -0.3 is 9.84 Å². The summed E-state index contributed by atoms with van der Waals surface area (Å²) in [5, 5.41) is 7.44. The molecular weight excluding hydrogens is 388 g/mol. The quantitative estimate of drug-likeness (QED) is 0.695. The van der Waals surface area contributed by atoms with Crippen LogP contribution in [0.2, 0.25) is 0 Å². The highest BCUT2D eigenvalue weighted by molar-refractivity contribution is 7.89. The Balaban J connectivity index is 1.32. The minimum absolute atomic E-state index is 0.303. The monoisotopic (exact) mass is 410 g/mol. The molecule has 0 aliphatic carbocycles. The number of nitrogens with one attached hydrogen (secondary N) is 1. The lowest BCUT2D eigenvalue weighted by atomic mass is 10.1. The van der Waals surface area contributed by atoms with Crippen LogP contribution in [0.3, 0.4) is 0 Å². The molecule has 0 atom stereocenters. The predicted molar refractivity (Wildman–Crippen MR) is 109 cm³/mol. The molecule has 1 fully saturated rings. The Kier molecular flexibility index (Phi) is 4.60. The maximum absolute atomic E-state index is 12.6. The second-order valence-corrected chi connectivity index (χ2v) is 9.43. The number of benzene rings is 2. The molecule has 8 heteroatoms. The van der Waals surface area contributed by atoms with Crippen molar-refractivity contribution in [3.05, 3.63) is 59.5 Å². The third-order valence-electron chi connectivity index (χ3n) is 5.52. The summed E-state index contributed by atoms with van der Waals surface area (Å²) in [5.41, 5.74) is 4.36. The number of sulfonamides is 1. The average molecular weight is 410 g/mol. The molecule has 3 heterocycles. The Labute approximate surface area is 169 Å². The normalized spacial score (nSPS) is 16.7. The average Bonchev–Trinajstić information content (AvgIpc) is 3.49. The van der Waals surface area contributed by atoms with Gasteiger partial charge in [-0.1, -0.05) is 17.3 Å². The van der Waals surface area contributed by atoms with Crippen molar-refractivity contribution < 1.29 is 12.9 Å². The van der Waals surface area contributed by atoms with Gasteiger partial charge in [0.15, 0.2) is 0 Å². The van der Waals surface area contributed by atoms with Crippen LogP contribution in [-0.2, 0) is 22.9 Å². The molecule has 5 rings (SSSR count). The first-order valence-corrected chi connectivity index (χ1v) is 11.3. The molecule has 1 aromatic heterocycles. The number of nitrogens with zero attached hydrogens (tertiary/aromatic N) is 3. The summed E-state index contributed by atoms with van der Waals surface area (Å²) in [5.74, 6) is 0.996. The van der Waals surface area contributed by atoms with E-state index in [-0.39, 0.29) is 0 Å². The van der Waals surface area contributed by atoms with E-state index in [4.69, 9.17) is 4.52 Å². The first-order valence-electron chi connectivity index (χ1n) is 9.88. The maximum Gasteiger partial charge on any atom is 0.243 e. The third-order valence-corrected chi connectivity index (χ3v) is 7.44. The molecule has 0 amide bonds. The second-order valence-electron chi connectivity index (χ2n) is 7.49. The van der Waals surface area contributed by atoms with Crippen molar-refractivity contribution in [2.45, 2.75) is 30.6 Å². The number of hydrogen-bond donors (Lipinski definition) is 1. The molecule has 7 nitrogen and oxygen atoms in total. The van der Waals surface area contributed by atoms with E-state index in [9.17, 15) is 8.42 Å². The van der Waals surface area contributed by atoms with E-state index in [1.165, 1.54) is 11.3 Å². The molecule has 1 saturated heterocycles. The van der Waals surface area contributed by atoms with Gasteiger partial charge in [0.05, 0.1) is 11.3 Å². The van der Waals surface area contributed by atoms with Crippen molar-refractivity contribution in [3.8, 4) is 11.4 Å². The molecule has 0 unspecified atom stereocenters. The molecule has 0 saturated carbocycles. The predicted octanol–water partition coefficient (Wildman–Crippen LogP) is 3.08. The zero-order valence-electron chi connectivity index (χ0n) is 16.0. The number of rotatable bonds is 5. The molecule has 1 N–H and O–H groups in total. The van der Waals surface area contributed by atoms with Gasteiger partial charge in [-0.3, -0.25) is 0 Å². The minimum atomic E-state index is -3.42. The molecule has 0 spiro atoms. The molecule has 2 aliphatic heterocycles. The standard InChI is InChI=1S/C21H22N4O3S/c26-29(27,25-11-1-2-12-25)18-7-5-17(6-8-18)21-23-20(28-24-21)14-15-3-4-16-9-10-22-19(16)13-15/h3-8,13,22H,1-2,9-12,14H2. The van der Waals surface area contributed by atoms with Crippen LogP contribution < -0.4 is 5.32 Å². The lowest BCUT2D eigenvalue weighted by Crippen LogP contribution is -2.27. The van der Waals surface area contributed by atoms with Crippen LogP contribution in [-0.4, -0.2) is 42.5 Å². The van der Waals surface area contributed by atoms with Crippen molar-refractivity contribution in [3.63, 3.8) is 0 Å². The summed E-state index contributed by atoms with van der Waals surface area (Å²) < 4.78 is 32.2. The Bertz CT molecular complexity index is 1130. The Morgan fingerprint density at radius 1 is 1.07 bits per heavy atom. The van der Waals surface area contributed by atoms with Crippen LogP contribution in [0.1, 0.15) is 29.9 Å². The molecule has 0 bridgehead atoms. The van der Waals surface area contributed by atoms with E-state index in [0.717, 1.165) is 36.9 Å². The van der Waals surface area contributed by atoms with Crippen LogP contribution >= 0.6 is 0 Å². The van der Waals surface area contributed by atoms with Gasteiger partial charge in [-0.25, -0.2) is 8.42 Å². The second kappa shape index (κ2) is 7.27. The summed E-state index contributed by atoms with van der Waals surface area (Å²) in [6, 6.07) is 13.1. The molecule has 0 radical (unpaired) electrons. The van der Waals surface area contributed by atoms with Crippen molar-refractivity contribution in [1.29, 1.82) is 0 Å². The van der Waals surface area contributed by atoms with E-state index in [0.29, 0.717) is 36.1 Å². The molecule has 29 heavy (non-hydrogen) atoms. The van der Waals surface area contributed by atoms with E-state index in [1.807, 2.05) is 0 Å². The summed E-state index contributed by atoms with van der Waals surface area (Å²) in [6.45, 7) is 2.17. The van der Waals surface area contributed by atoms with E-state index < -0.39 is 10.0 Å². The zero-order chi connectivity index (χ0) is 19.8. The van der Waals surface area contributed by atoms with Crippen LogP contribution in [0.25, 0.3) is 11.4 Å². The van der Waals surface area contributed by atoms with Gasteiger partial charge in [0.1, 0.15) is 0 Å². The zero-order valence-corrected chi connectivity index (χ0v) is 16.8. The number of anilines is 1. The van der Waals surface area contributed by atoms with E-state index in [2.05, 4.69) is 33.7 Å². The van der Waals surface area contributed by atoms with Gasteiger partial charge in [0.2, 0.25) is 21.7 Å². The highest BCUT2D eigenvalue weighted by Gasteiger charge is 2.27. The Morgan fingerprint density at radius 2 is 1.86 bits per heavy atom. The van der Waals surface area contributed by atoms with E-state index >= 15 is 0 Å². The maximum atomic E-state index is 12.6. The lowest BCUT2D eigenvalue weighted by Gasteiger charge is -2.15. The smallest absolute Gasteiger partial charge is 0.243 e. The number of aromatic nitrogens is 2. The minimum Gasteiger partial charge on any atom is -0.384 e. The van der Waals surface area contributed by atoms with Crippen molar-refractivity contribution >= 4 is 15.7 Å². The molecule has 3 aromatic rings. The summed E-state index contributed by atoms with van der Waals surface area (Å²) in [7, 11) is -3.42. The highest BCUT2D eigenvalue weighted by atomic mass is 32.2. The summed E-state index contributed by atoms with van der Waals surface area (Å²) >= 11 is 0. The van der Waals surface area contributed by atoms with Crippen LogP contribution in [0.5, 0.6) is 0 Å². The summed E-state index contributed by atoms with van der Waals surface area (Å²) in [4.78, 5) is 4.78. The first-order chi connectivity index (χ1) is 14.1. The highest BCUT2D eigenvalue weighted by Crippen LogP contribution is 2.26. The fraction of sp³-hybridized carbons (Fsp3) is 0.333. The lowest BCUT2D eigenvalue weighted by molar-refractivity contribution is 0.386. The molecule has 2 aromatic carbocycles. The SMILES string of the molecule is O=S(=O)(c1ccc(-c2noc(Cc3ccc4c(c3)NCC4)n2)cc1)N1CCCC1. The fourth-order valence-electron chi connectivity index (χ4n) is 3.92. The molecule has 2 aliphatic rings. The number of hydrogen-bond acceptors (Lipinski definition) is 6. The first kappa shape index (κ1) is 18.3. The van der Waals surface area contributed by atoms with Gasteiger partial charge in [0, 0.05) is 30.9 Å². The molecule has 150 valence electrons. The van der Waals surface area contributed by atoms with E-state index in [1.54, 1.807) is 28.6 Å². The third kappa shape index (κ3) is 3.54. The van der Waals surface area contributed by atoms with Crippen molar-refractivity contribution in [2.24, 2.45) is 0 Å². The summed E-state index contributed by atoms with van der Waals surface area (Å²) in [6.07, 6.45) is 3.46. The topological polar surface area (TPSA) is 88.3 Å². The largest absolute Gasteiger partial charge is 0.384 e. The van der Waals surface area contributed by atoms with Gasteiger partial charge in [-0.15, -0.1) is 0 Å². The Morgan fingerprint density at radius 3 is 2.66 bits per heavy atom. The number of fused-ring (bicyclic) bond motifs is 1. The van der Waals surface area contributed by atoms with Crippen LogP contribution in [0, 0.1) is 0 Å². The molecular formula is C21H22N4O3S. The van der Waals surface area contributed by atoms with Gasteiger partial charge in [0.25, 0.3) is 0 Å². The van der Waals surface area contributed by atoms with Crippen LogP contribution in [0.15, 0.2) is 51.9 Å². The van der Waals surface area contributed by atoms with Gasteiger partial charge in [-0.2, -0.15) is 9.29 Å². The van der Waals surface area contributed by atoms with Crippen molar-refractivity contribution in [2.75, 3.05) is 25.0 Å². The Hall–Kier alpha value is -2.71. The van der Waals surface area contributed by atoms with Crippen molar-refractivity contribution in [1.82, 2.24) is 14.4 Å².